The summed E-state index contributed by atoms with van der Waals surface area (Å²) in [6.07, 6.45) is 2.90. The molecule has 0 spiro atoms. The summed E-state index contributed by atoms with van der Waals surface area (Å²) in [4.78, 5) is 27.2. The van der Waals surface area contributed by atoms with Crippen molar-refractivity contribution in [1.82, 2.24) is 30.5 Å². The zero-order valence-electron chi connectivity index (χ0n) is 10.7. The number of tetrazole rings is 1. The highest BCUT2D eigenvalue weighted by atomic mass is 32.2. The third-order valence-corrected chi connectivity index (χ3v) is 3.34. The van der Waals surface area contributed by atoms with Crippen LogP contribution in [0, 0.1) is 0 Å². The van der Waals surface area contributed by atoms with Crippen molar-refractivity contribution in [3.05, 3.63) is 30.1 Å². The zero-order valence-corrected chi connectivity index (χ0v) is 11.5. The second kappa shape index (κ2) is 6.75. The maximum atomic E-state index is 11.7. The van der Waals surface area contributed by atoms with Crippen LogP contribution in [0.4, 0.5) is 0 Å². The van der Waals surface area contributed by atoms with Gasteiger partial charge in [-0.05, 0) is 22.6 Å². The maximum absolute atomic E-state index is 11.7. The van der Waals surface area contributed by atoms with Crippen LogP contribution in [0.5, 0.6) is 0 Å². The fourth-order valence-corrected chi connectivity index (χ4v) is 2.06. The number of thioether (sulfide) groups is 1. The molecule has 1 amide bonds. The molecule has 0 aromatic carbocycles. The van der Waals surface area contributed by atoms with Crippen LogP contribution in [0.25, 0.3) is 0 Å². The van der Waals surface area contributed by atoms with Crippen LogP contribution in [0.15, 0.2) is 29.7 Å². The van der Waals surface area contributed by atoms with E-state index in [2.05, 4.69) is 25.8 Å². The Labute approximate surface area is 119 Å². The van der Waals surface area contributed by atoms with Crippen molar-refractivity contribution in [2.75, 3.05) is 12.3 Å². The predicted octanol–water partition coefficient (Wildman–Crippen LogP) is -0.304. The molecule has 2 heterocycles. The van der Waals surface area contributed by atoms with E-state index in [1.165, 1.54) is 22.6 Å². The number of rotatable bonds is 6. The first-order valence-electron chi connectivity index (χ1n) is 5.76. The summed E-state index contributed by atoms with van der Waals surface area (Å²) < 4.78 is 1.53. The Morgan fingerprint density at radius 1 is 1.45 bits per heavy atom. The van der Waals surface area contributed by atoms with E-state index in [-0.39, 0.29) is 5.56 Å². The highest BCUT2D eigenvalue weighted by molar-refractivity contribution is 7.99. The van der Waals surface area contributed by atoms with Gasteiger partial charge in [0.1, 0.15) is 0 Å². The van der Waals surface area contributed by atoms with E-state index in [1.54, 1.807) is 25.4 Å². The van der Waals surface area contributed by atoms with Crippen LogP contribution in [-0.4, -0.2) is 49.2 Å². The molecule has 0 aliphatic rings. The Morgan fingerprint density at radius 2 is 2.30 bits per heavy atom. The molecule has 8 nitrogen and oxygen atoms in total. The summed E-state index contributed by atoms with van der Waals surface area (Å²) in [5, 5.41) is 14.2. The second-order valence-corrected chi connectivity index (χ2v) is 4.82. The molecule has 2 aromatic rings. The molecule has 2 rings (SSSR count). The van der Waals surface area contributed by atoms with E-state index >= 15 is 0 Å². The summed E-state index contributed by atoms with van der Waals surface area (Å²) in [6.45, 7) is 0.350. The minimum Gasteiger partial charge on any atom is -0.348 e. The average molecular weight is 292 g/mol. The van der Waals surface area contributed by atoms with E-state index in [0.717, 1.165) is 0 Å². The van der Waals surface area contributed by atoms with E-state index < -0.39 is 11.7 Å². The zero-order chi connectivity index (χ0) is 14.4. The number of amides is 1. The van der Waals surface area contributed by atoms with Crippen molar-refractivity contribution >= 4 is 23.5 Å². The van der Waals surface area contributed by atoms with Crippen molar-refractivity contribution in [3.8, 4) is 0 Å². The number of hydrogen-bond donors (Lipinski definition) is 1. The van der Waals surface area contributed by atoms with Gasteiger partial charge in [0.25, 0.3) is 11.7 Å². The van der Waals surface area contributed by atoms with Gasteiger partial charge in [0.05, 0.1) is 0 Å². The van der Waals surface area contributed by atoms with Gasteiger partial charge in [-0.15, -0.1) is 5.10 Å². The average Bonchev–Trinajstić information content (AvgIpc) is 2.89. The second-order valence-electron chi connectivity index (χ2n) is 3.76. The number of hydrogen-bond acceptors (Lipinski definition) is 7. The molecule has 0 fully saturated rings. The lowest BCUT2D eigenvalue weighted by Gasteiger charge is -2.03. The largest absolute Gasteiger partial charge is 0.348 e. The number of aryl methyl sites for hydroxylation is 1. The van der Waals surface area contributed by atoms with Crippen LogP contribution < -0.4 is 5.32 Å². The molecule has 9 heteroatoms. The fourth-order valence-electron chi connectivity index (χ4n) is 1.36. The highest BCUT2D eigenvalue weighted by Crippen LogP contribution is 2.10. The first-order chi connectivity index (χ1) is 9.68. The van der Waals surface area contributed by atoms with Crippen LogP contribution in [0.3, 0.4) is 0 Å². The minimum absolute atomic E-state index is 0.273. The van der Waals surface area contributed by atoms with Gasteiger partial charge in [0.2, 0.25) is 5.16 Å². The molecule has 1 N–H and O–H groups in total. The normalized spacial score (nSPS) is 10.2. The Bertz CT molecular complexity index is 600. The van der Waals surface area contributed by atoms with Crippen molar-refractivity contribution in [1.29, 1.82) is 0 Å². The lowest BCUT2D eigenvalue weighted by atomic mass is 10.2. The van der Waals surface area contributed by atoms with Crippen molar-refractivity contribution < 1.29 is 9.59 Å². The first-order valence-corrected chi connectivity index (χ1v) is 6.75. The van der Waals surface area contributed by atoms with Crippen molar-refractivity contribution in [2.24, 2.45) is 7.05 Å². The summed E-state index contributed by atoms with van der Waals surface area (Å²) in [5.41, 5.74) is 0.273. The molecule has 0 saturated heterocycles. The van der Waals surface area contributed by atoms with E-state index in [4.69, 9.17) is 0 Å². The first kappa shape index (κ1) is 14.1. The molecule has 0 aliphatic heterocycles. The maximum Gasteiger partial charge on any atom is 0.292 e. The number of carbonyl (C=O) groups is 2. The Morgan fingerprint density at radius 3 is 2.95 bits per heavy atom. The molecule has 104 valence electrons. The fraction of sp³-hybridized carbons (Fsp3) is 0.273. The topological polar surface area (TPSA) is 103 Å². The van der Waals surface area contributed by atoms with Crippen LogP contribution in [-0.2, 0) is 11.8 Å². The summed E-state index contributed by atoms with van der Waals surface area (Å²) in [7, 11) is 1.73. The molecule has 20 heavy (non-hydrogen) atoms. The van der Waals surface area contributed by atoms with Gasteiger partial charge in [-0.25, -0.2) is 4.68 Å². The molecule has 0 radical (unpaired) electrons. The van der Waals surface area contributed by atoms with Gasteiger partial charge in [0.15, 0.2) is 0 Å². The lowest BCUT2D eigenvalue weighted by molar-refractivity contribution is -0.116. The van der Waals surface area contributed by atoms with Gasteiger partial charge in [0, 0.05) is 37.3 Å². The molecule has 0 saturated carbocycles. The number of carbonyl (C=O) groups excluding carboxylic acids is 2. The molecule has 0 unspecified atom stereocenters. The van der Waals surface area contributed by atoms with Gasteiger partial charge in [-0.1, -0.05) is 11.8 Å². The van der Waals surface area contributed by atoms with Crippen molar-refractivity contribution in [3.63, 3.8) is 0 Å². The van der Waals surface area contributed by atoms with Crippen LogP contribution in [0.1, 0.15) is 10.4 Å². The number of Topliss-reactive ketones (excluding diaryl/α,β-unsaturated/α-hetero) is 1. The summed E-state index contributed by atoms with van der Waals surface area (Å²) >= 11 is 1.39. The Hall–Kier alpha value is -2.29. The monoisotopic (exact) mass is 292 g/mol. The highest BCUT2D eigenvalue weighted by Gasteiger charge is 2.15. The standard InChI is InChI=1S/C11H12N6O2S/c1-17-11(14-15-16-17)20-6-5-13-10(19)9(18)8-3-2-4-12-7-8/h2-4,7H,5-6H2,1H3,(H,13,19). The molecular weight excluding hydrogens is 280 g/mol. The van der Waals surface area contributed by atoms with E-state index in [1.807, 2.05) is 0 Å². The number of aromatic nitrogens is 5. The van der Waals surface area contributed by atoms with E-state index in [9.17, 15) is 9.59 Å². The van der Waals surface area contributed by atoms with Crippen LogP contribution >= 0.6 is 11.8 Å². The minimum atomic E-state index is -0.644. The number of nitrogens with one attached hydrogen (secondary N) is 1. The molecule has 0 atom stereocenters. The van der Waals surface area contributed by atoms with Gasteiger partial charge >= 0.3 is 0 Å². The Kier molecular flexibility index (Phi) is 4.77. The third kappa shape index (κ3) is 3.60. The summed E-state index contributed by atoms with van der Waals surface area (Å²) in [6, 6.07) is 3.16. The smallest absolute Gasteiger partial charge is 0.292 e. The number of ketones is 1. The molecule has 0 bridgehead atoms. The third-order valence-electron chi connectivity index (χ3n) is 2.33. The van der Waals surface area contributed by atoms with Crippen LogP contribution in [0.2, 0.25) is 0 Å². The summed E-state index contributed by atoms with van der Waals surface area (Å²) in [5.74, 6) is -0.668. The van der Waals surface area contributed by atoms with Gasteiger partial charge in [-0.2, -0.15) is 0 Å². The van der Waals surface area contributed by atoms with E-state index in [0.29, 0.717) is 17.5 Å². The SMILES string of the molecule is Cn1nnnc1SCCNC(=O)C(=O)c1cccnc1. The molecule has 2 aromatic heterocycles. The van der Waals surface area contributed by atoms with Crippen molar-refractivity contribution in [2.45, 2.75) is 5.16 Å². The molecular formula is C11H12N6O2S. The number of pyridine rings is 1. The molecule has 0 aliphatic carbocycles. The predicted molar refractivity (Wildman–Crippen MR) is 71.1 cm³/mol. The Balaban J connectivity index is 1.76. The quantitative estimate of drug-likeness (QED) is 0.337. The lowest BCUT2D eigenvalue weighted by Crippen LogP contribution is -2.32. The van der Waals surface area contributed by atoms with Gasteiger partial charge in [-0.3, -0.25) is 14.6 Å². The number of nitrogens with zero attached hydrogens (tertiary/aromatic N) is 5. The van der Waals surface area contributed by atoms with Gasteiger partial charge < -0.3 is 5.32 Å².